The minimum atomic E-state index is -0.361. The minimum absolute atomic E-state index is 0.112. The lowest BCUT2D eigenvalue weighted by atomic mass is 10.2. The molecule has 0 radical (unpaired) electrons. The highest BCUT2D eigenvalue weighted by Gasteiger charge is 2.34. The van der Waals surface area contributed by atoms with Gasteiger partial charge in [-0.2, -0.15) is 0 Å². The molecule has 0 aromatic carbocycles. The van der Waals surface area contributed by atoms with Crippen LogP contribution in [0, 0.1) is 0 Å². The molecule has 0 aromatic heterocycles. The number of hydrogen-bond acceptors (Lipinski definition) is 2. The molecule has 1 aliphatic heterocycles. The van der Waals surface area contributed by atoms with Crippen molar-refractivity contribution in [1.82, 2.24) is 9.80 Å². The average Bonchev–Trinajstić information content (AvgIpc) is 2.08. The SMILES string of the molecule is CC(C)N1CCN(C(C)C)C(=O)C1=O. The molecule has 80 valence electrons. The van der Waals surface area contributed by atoms with Crippen LogP contribution in [0.3, 0.4) is 0 Å². The zero-order chi connectivity index (χ0) is 10.9. The first-order valence-corrected chi connectivity index (χ1v) is 5.06. The normalized spacial score (nSPS) is 18.7. The molecule has 1 rings (SSSR count). The van der Waals surface area contributed by atoms with Crippen molar-refractivity contribution in [1.29, 1.82) is 0 Å². The first-order chi connectivity index (χ1) is 6.45. The maximum Gasteiger partial charge on any atom is 0.312 e. The van der Waals surface area contributed by atoms with Crippen LogP contribution in [0.1, 0.15) is 27.7 Å². The van der Waals surface area contributed by atoms with E-state index in [2.05, 4.69) is 0 Å². The molecule has 0 aromatic rings. The molecular weight excluding hydrogens is 180 g/mol. The Balaban J connectivity index is 2.75. The number of rotatable bonds is 2. The minimum Gasteiger partial charge on any atom is -0.330 e. The van der Waals surface area contributed by atoms with Gasteiger partial charge >= 0.3 is 11.8 Å². The number of amides is 2. The summed E-state index contributed by atoms with van der Waals surface area (Å²) in [6.45, 7) is 9.01. The first-order valence-electron chi connectivity index (χ1n) is 5.06. The van der Waals surface area contributed by atoms with E-state index in [4.69, 9.17) is 0 Å². The van der Waals surface area contributed by atoms with Gasteiger partial charge in [-0.05, 0) is 27.7 Å². The highest BCUT2D eigenvalue weighted by molar-refractivity contribution is 6.35. The largest absolute Gasteiger partial charge is 0.330 e. The van der Waals surface area contributed by atoms with E-state index in [0.717, 1.165) is 0 Å². The summed E-state index contributed by atoms with van der Waals surface area (Å²) in [6, 6.07) is 0.224. The smallest absolute Gasteiger partial charge is 0.312 e. The number of piperazine rings is 1. The van der Waals surface area contributed by atoms with Gasteiger partial charge < -0.3 is 9.80 Å². The standard InChI is InChI=1S/C10H18N2O2/c1-7(2)11-5-6-12(8(3)4)10(14)9(11)13/h7-8H,5-6H2,1-4H3. The lowest BCUT2D eigenvalue weighted by Gasteiger charge is -2.37. The van der Waals surface area contributed by atoms with E-state index in [1.165, 1.54) is 0 Å². The van der Waals surface area contributed by atoms with Crippen molar-refractivity contribution in [2.45, 2.75) is 39.8 Å². The first kappa shape index (κ1) is 11.0. The fourth-order valence-electron chi connectivity index (χ4n) is 1.65. The molecule has 2 amide bonds. The van der Waals surface area contributed by atoms with Gasteiger partial charge in [-0.1, -0.05) is 0 Å². The molecule has 0 N–H and O–H groups in total. The van der Waals surface area contributed by atoms with Gasteiger partial charge in [-0.15, -0.1) is 0 Å². The number of carbonyl (C=O) groups excluding carboxylic acids is 2. The molecule has 0 saturated carbocycles. The van der Waals surface area contributed by atoms with Crippen LogP contribution in [0.2, 0.25) is 0 Å². The van der Waals surface area contributed by atoms with E-state index in [9.17, 15) is 9.59 Å². The topological polar surface area (TPSA) is 40.6 Å². The van der Waals surface area contributed by atoms with Gasteiger partial charge in [0.2, 0.25) is 0 Å². The summed E-state index contributed by atoms with van der Waals surface area (Å²) in [7, 11) is 0. The monoisotopic (exact) mass is 198 g/mol. The second-order valence-corrected chi connectivity index (χ2v) is 4.18. The number of hydrogen-bond donors (Lipinski definition) is 0. The summed E-state index contributed by atoms with van der Waals surface area (Å²) in [6.07, 6.45) is 0. The molecule has 1 saturated heterocycles. The Morgan fingerprint density at radius 1 is 0.857 bits per heavy atom. The van der Waals surface area contributed by atoms with Crippen molar-refractivity contribution in [2.75, 3.05) is 13.1 Å². The third-order valence-corrected chi connectivity index (χ3v) is 2.53. The van der Waals surface area contributed by atoms with Crippen LogP contribution in [0.25, 0.3) is 0 Å². The van der Waals surface area contributed by atoms with Gasteiger partial charge in [0.25, 0.3) is 0 Å². The van der Waals surface area contributed by atoms with E-state index in [1.54, 1.807) is 9.80 Å². The average molecular weight is 198 g/mol. The molecule has 0 aliphatic carbocycles. The highest BCUT2D eigenvalue weighted by atomic mass is 16.2. The van der Waals surface area contributed by atoms with Crippen molar-refractivity contribution in [3.8, 4) is 0 Å². The Bertz CT molecular complexity index is 223. The molecule has 0 bridgehead atoms. The Morgan fingerprint density at radius 2 is 1.14 bits per heavy atom. The van der Waals surface area contributed by atoms with E-state index < -0.39 is 0 Å². The summed E-state index contributed by atoms with van der Waals surface area (Å²) in [5, 5.41) is 0. The second kappa shape index (κ2) is 3.98. The van der Waals surface area contributed by atoms with Crippen LogP contribution in [0.4, 0.5) is 0 Å². The van der Waals surface area contributed by atoms with Crippen molar-refractivity contribution >= 4 is 11.8 Å². The molecule has 1 aliphatic rings. The molecular formula is C10H18N2O2. The number of carbonyl (C=O) groups is 2. The van der Waals surface area contributed by atoms with Gasteiger partial charge in [0.15, 0.2) is 0 Å². The Hall–Kier alpha value is -1.06. The maximum atomic E-state index is 11.6. The molecule has 0 unspecified atom stereocenters. The lowest BCUT2D eigenvalue weighted by Crippen LogP contribution is -2.57. The highest BCUT2D eigenvalue weighted by Crippen LogP contribution is 2.11. The zero-order valence-electron chi connectivity index (χ0n) is 9.28. The third-order valence-electron chi connectivity index (χ3n) is 2.53. The summed E-state index contributed by atoms with van der Waals surface area (Å²) in [5.74, 6) is -0.722. The van der Waals surface area contributed by atoms with Crippen LogP contribution in [0.15, 0.2) is 0 Å². The van der Waals surface area contributed by atoms with Crippen molar-refractivity contribution < 1.29 is 9.59 Å². The molecule has 4 heteroatoms. The van der Waals surface area contributed by atoms with Crippen molar-refractivity contribution in [3.63, 3.8) is 0 Å². The molecule has 1 heterocycles. The van der Waals surface area contributed by atoms with Crippen molar-refractivity contribution in [3.05, 3.63) is 0 Å². The zero-order valence-corrected chi connectivity index (χ0v) is 9.28. The van der Waals surface area contributed by atoms with Gasteiger partial charge in [0.05, 0.1) is 0 Å². The van der Waals surface area contributed by atoms with E-state index in [-0.39, 0.29) is 23.9 Å². The molecule has 0 spiro atoms. The molecule has 14 heavy (non-hydrogen) atoms. The Labute approximate surface area is 84.9 Å². The van der Waals surface area contributed by atoms with Gasteiger partial charge in [-0.3, -0.25) is 9.59 Å². The van der Waals surface area contributed by atoms with Crippen LogP contribution >= 0.6 is 0 Å². The fourth-order valence-corrected chi connectivity index (χ4v) is 1.65. The van der Waals surface area contributed by atoms with Crippen LogP contribution in [0.5, 0.6) is 0 Å². The third kappa shape index (κ3) is 1.89. The summed E-state index contributed by atoms with van der Waals surface area (Å²) < 4.78 is 0. The number of nitrogens with zero attached hydrogens (tertiary/aromatic N) is 2. The van der Waals surface area contributed by atoms with Gasteiger partial charge in [-0.25, -0.2) is 0 Å². The predicted octanol–water partition coefficient (Wildman–Crippen LogP) is 0.474. The predicted molar refractivity (Wildman–Crippen MR) is 53.7 cm³/mol. The second-order valence-electron chi connectivity index (χ2n) is 4.18. The Kier molecular flexibility index (Phi) is 3.13. The van der Waals surface area contributed by atoms with Gasteiger partial charge in [0, 0.05) is 25.2 Å². The van der Waals surface area contributed by atoms with E-state index in [1.807, 2.05) is 27.7 Å². The van der Waals surface area contributed by atoms with E-state index in [0.29, 0.717) is 13.1 Å². The maximum absolute atomic E-state index is 11.6. The van der Waals surface area contributed by atoms with Gasteiger partial charge in [0.1, 0.15) is 0 Å². The lowest BCUT2D eigenvalue weighted by molar-refractivity contribution is -0.158. The van der Waals surface area contributed by atoms with Crippen LogP contribution < -0.4 is 0 Å². The summed E-state index contributed by atoms with van der Waals surface area (Å²) in [5.41, 5.74) is 0. The van der Waals surface area contributed by atoms with Crippen molar-refractivity contribution in [2.24, 2.45) is 0 Å². The molecule has 1 fully saturated rings. The van der Waals surface area contributed by atoms with Crippen LogP contribution in [-0.4, -0.2) is 46.8 Å². The fraction of sp³-hybridized carbons (Fsp3) is 0.800. The molecule has 4 nitrogen and oxygen atoms in total. The quantitative estimate of drug-likeness (QED) is 0.605. The Morgan fingerprint density at radius 3 is 1.36 bits per heavy atom. The van der Waals surface area contributed by atoms with E-state index >= 15 is 0 Å². The van der Waals surface area contributed by atoms with Crippen LogP contribution in [-0.2, 0) is 9.59 Å². The summed E-state index contributed by atoms with van der Waals surface area (Å²) in [4.78, 5) is 26.5. The summed E-state index contributed by atoms with van der Waals surface area (Å²) >= 11 is 0. The molecule has 0 atom stereocenters.